The second-order valence-electron chi connectivity index (χ2n) is 5.13. The molecule has 3 nitrogen and oxygen atoms in total. The van der Waals surface area contributed by atoms with Gasteiger partial charge in [-0.2, -0.15) is 0 Å². The van der Waals surface area contributed by atoms with E-state index >= 15 is 0 Å². The summed E-state index contributed by atoms with van der Waals surface area (Å²) in [5.41, 5.74) is 0. The molecule has 2 aliphatic heterocycles. The van der Waals surface area contributed by atoms with Crippen LogP contribution in [0.4, 0.5) is 0 Å². The molecule has 0 amide bonds. The first-order valence-electron chi connectivity index (χ1n) is 6.31. The highest BCUT2D eigenvalue weighted by Crippen LogP contribution is 2.19. The Morgan fingerprint density at radius 1 is 1.13 bits per heavy atom. The number of piperidine rings is 1. The Morgan fingerprint density at radius 2 is 1.73 bits per heavy atom. The van der Waals surface area contributed by atoms with Gasteiger partial charge in [0.15, 0.2) is 0 Å². The lowest BCUT2D eigenvalue weighted by atomic mass is 9.96. The van der Waals surface area contributed by atoms with Gasteiger partial charge in [-0.25, -0.2) is 0 Å². The molecule has 0 bridgehead atoms. The highest BCUT2D eigenvalue weighted by Gasteiger charge is 2.27. The van der Waals surface area contributed by atoms with Crippen molar-refractivity contribution in [3.8, 4) is 0 Å². The van der Waals surface area contributed by atoms with Crippen LogP contribution in [-0.4, -0.2) is 49.8 Å². The van der Waals surface area contributed by atoms with Crippen molar-refractivity contribution in [2.24, 2.45) is 5.92 Å². The van der Waals surface area contributed by atoms with Crippen LogP contribution in [-0.2, 0) is 4.74 Å². The Balaban J connectivity index is 1.84. The van der Waals surface area contributed by atoms with Crippen molar-refractivity contribution in [1.29, 1.82) is 0 Å². The molecule has 0 unspecified atom stereocenters. The zero-order valence-corrected chi connectivity index (χ0v) is 10.0. The van der Waals surface area contributed by atoms with Gasteiger partial charge in [0.1, 0.15) is 0 Å². The number of rotatable bonds is 2. The van der Waals surface area contributed by atoms with Crippen molar-refractivity contribution in [1.82, 2.24) is 10.2 Å². The van der Waals surface area contributed by atoms with E-state index in [0.717, 1.165) is 19.1 Å². The van der Waals surface area contributed by atoms with Gasteiger partial charge in [-0.05, 0) is 45.7 Å². The number of nitrogens with zero attached hydrogens (tertiary/aromatic N) is 1. The maximum Gasteiger partial charge on any atom is 0.0620 e. The van der Waals surface area contributed by atoms with Gasteiger partial charge < -0.3 is 10.1 Å². The SMILES string of the molecule is C[C@H]1COC[C@H](C)N1CC1CCNCC1. The Bertz CT molecular complexity index is 182. The third-order valence-electron chi connectivity index (χ3n) is 3.78. The second kappa shape index (κ2) is 5.28. The van der Waals surface area contributed by atoms with E-state index in [2.05, 4.69) is 24.1 Å². The lowest BCUT2D eigenvalue weighted by molar-refractivity contribution is -0.0447. The molecule has 0 saturated carbocycles. The summed E-state index contributed by atoms with van der Waals surface area (Å²) in [6.45, 7) is 10.1. The van der Waals surface area contributed by atoms with Crippen LogP contribution in [0.2, 0.25) is 0 Å². The summed E-state index contributed by atoms with van der Waals surface area (Å²) in [5.74, 6) is 0.897. The van der Waals surface area contributed by atoms with Crippen molar-refractivity contribution >= 4 is 0 Å². The third-order valence-corrected chi connectivity index (χ3v) is 3.78. The second-order valence-corrected chi connectivity index (χ2v) is 5.13. The minimum absolute atomic E-state index is 0.601. The standard InChI is InChI=1S/C12H24N2O/c1-10-8-15-9-11(2)14(10)7-12-3-5-13-6-4-12/h10-13H,3-9H2,1-2H3/t10-,11-/m0/s1. The molecule has 2 saturated heterocycles. The summed E-state index contributed by atoms with van der Waals surface area (Å²) < 4.78 is 5.56. The van der Waals surface area contributed by atoms with Gasteiger partial charge in [0, 0.05) is 18.6 Å². The largest absolute Gasteiger partial charge is 0.378 e. The molecule has 2 heterocycles. The molecule has 0 aromatic rings. The zero-order chi connectivity index (χ0) is 10.7. The third kappa shape index (κ3) is 2.92. The molecule has 2 atom stereocenters. The van der Waals surface area contributed by atoms with Crippen LogP contribution in [0.3, 0.4) is 0 Å². The number of morpholine rings is 1. The Hall–Kier alpha value is -0.120. The number of hydrogen-bond donors (Lipinski definition) is 1. The van der Waals surface area contributed by atoms with Crippen LogP contribution >= 0.6 is 0 Å². The molecule has 0 radical (unpaired) electrons. The van der Waals surface area contributed by atoms with E-state index in [4.69, 9.17) is 4.74 Å². The molecule has 0 spiro atoms. The Labute approximate surface area is 93.2 Å². The van der Waals surface area contributed by atoms with E-state index in [1.54, 1.807) is 0 Å². The average molecular weight is 212 g/mol. The molecule has 2 fully saturated rings. The lowest BCUT2D eigenvalue weighted by Crippen LogP contribution is -2.52. The smallest absolute Gasteiger partial charge is 0.0620 e. The van der Waals surface area contributed by atoms with Crippen LogP contribution < -0.4 is 5.32 Å². The van der Waals surface area contributed by atoms with Crippen LogP contribution in [0, 0.1) is 5.92 Å². The highest BCUT2D eigenvalue weighted by atomic mass is 16.5. The van der Waals surface area contributed by atoms with Gasteiger partial charge >= 0.3 is 0 Å². The van der Waals surface area contributed by atoms with Gasteiger partial charge in [-0.15, -0.1) is 0 Å². The van der Waals surface area contributed by atoms with Crippen LogP contribution in [0.1, 0.15) is 26.7 Å². The van der Waals surface area contributed by atoms with Crippen LogP contribution in [0.25, 0.3) is 0 Å². The van der Waals surface area contributed by atoms with E-state index in [1.807, 2.05) is 0 Å². The first kappa shape index (κ1) is 11.4. The summed E-state index contributed by atoms with van der Waals surface area (Å²) in [5, 5.41) is 3.43. The van der Waals surface area contributed by atoms with Crippen molar-refractivity contribution in [2.75, 3.05) is 32.8 Å². The van der Waals surface area contributed by atoms with Gasteiger partial charge in [-0.1, -0.05) is 0 Å². The van der Waals surface area contributed by atoms with Crippen molar-refractivity contribution in [2.45, 2.75) is 38.8 Å². The van der Waals surface area contributed by atoms with Crippen molar-refractivity contribution in [3.05, 3.63) is 0 Å². The van der Waals surface area contributed by atoms with E-state index < -0.39 is 0 Å². The molecule has 0 aromatic carbocycles. The quantitative estimate of drug-likeness (QED) is 0.742. The van der Waals surface area contributed by atoms with Crippen LogP contribution in [0.15, 0.2) is 0 Å². The predicted molar refractivity (Wildman–Crippen MR) is 62.0 cm³/mol. The highest BCUT2D eigenvalue weighted by molar-refractivity contribution is 4.81. The number of ether oxygens (including phenoxy) is 1. The molecule has 88 valence electrons. The minimum Gasteiger partial charge on any atom is -0.378 e. The number of nitrogens with one attached hydrogen (secondary N) is 1. The molecule has 2 aliphatic rings. The lowest BCUT2D eigenvalue weighted by Gasteiger charge is -2.41. The maximum atomic E-state index is 5.56. The van der Waals surface area contributed by atoms with E-state index in [1.165, 1.54) is 32.5 Å². The zero-order valence-electron chi connectivity index (χ0n) is 10.0. The fourth-order valence-electron chi connectivity index (χ4n) is 2.76. The summed E-state index contributed by atoms with van der Waals surface area (Å²) in [6, 6.07) is 1.20. The minimum atomic E-state index is 0.601. The predicted octanol–water partition coefficient (Wildman–Crippen LogP) is 1.10. The Morgan fingerprint density at radius 3 is 2.33 bits per heavy atom. The molecular weight excluding hydrogens is 188 g/mol. The van der Waals surface area contributed by atoms with E-state index in [0.29, 0.717) is 12.1 Å². The maximum absolute atomic E-state index is 5.56. The molecule has 2 rings (SSSR count). The topological polar surface area (TPSA) is 24.5 Å². The van der Waals surface area contributed by atoms with Crippen molar-refractivity contribution < 1.29 is 4.74 Å². The molecule has 15 heavy (non-hydrogen) atoms. The first-order chi connectivity index (χ1) is 7.27. The average Bonchev–Trinajstić information content (AvgIpc) is 2.25. The fourth-order valence-corrected chi connectivity index (χ4v) is 2.76. The van der Waals surface area contributed by atoms with Gasteiger partial charge in [0.2, 0.25) is 0 Å². The van der Waals surface area contributed by atoms with E-state index in [9.17, 15) is 0 Å². The summed E-state index contributed by atoms with van der Waals surface area (Å²) in [6.07, 6.45) is 2.69. The summed E-state index contributed by atoms with van der Waals surface area (Å²) >= 11 is 0. The monoisotopic (exact) mass is 212 g/mol. The van der Waals surface area contributed by atoms with Gasteiger partial charge in [0.25, 0.3) is 0 Å². The molecule has 0 aromatic heterocycles. The van der Waals surface area contributed by atoms with Gasteiger partial charge in [0.05, 0.1) is 13.2 Å². The van der Waals surface area contributed by atoms with Crippen LogP contribution in [0.5, 0.6) is 0 Å². The molecule has 1 N–H and O–H groups in total. The molecule has 3 heteroatoms. The first-order valence-corrected chi connectivity index (χ1v) is 6.31. The molecular formula is C12H24N2O. The van der Waals surface area contributed by atoms with Crippen molar-refractivity contribution in [3.63, 3.8) is 0 Å². The summed E-state index contributed by atoms with van der Waals surface area (Å²) in [7, 11) is 0. The number of hydrogen-bond acceptors (Lipinski definition) is 3. The van der Waals surface area contributed by atoms with E-state index in [-0.39, 0.29) is 0 Å². The molecule has 0 aliphatic carbocycles. The fraction of sp³-hybridized carbons (Fsp3) is 1.00. The normalized spacial score (nSPS) is 35.6. The van der Waals surface area contributed by atoms with Gasteiger partial charge in [-0.3, -0.25) is 4.90 Å². The Kier molecular flexibility index (Phi) is 4.00. The summed E-state index contributed by atoms with van der Waals surface area (Å²) in [4.78, 5) is 2.64.